The van der Waals surface area contributed by atoms with Crippen molar-refractivity contribution in [1.29, 1.82) is 0 Å². The van der Waals surface area contributed by atoms with Crippen molar-refractivity contribution in [2.24, 2.45) is 5.73 Å². The summed E-state index contributed by atoms with van der Waals surface area (Å²) in [6.07, 6.45) is 6.04. The largest absolute Gasteiger partial charge is 0.465 e. The molecule has 1 saturated carbocycles. The molecule has 1 aliphatic heterocycles. The van der Waals surface area contributed by atoms with E-state index in [2.05, 4.69) is 30.6 Å². The quantitative estimate of drug-likeness (QED) is 0.615. The number of thiophene rings is 1. The first-order chi connectivity index (χ1) is 14.0. The summed E-state index contributed by atoms with van der Waals surface area (Å²) in [6.45, 7) is 10.8. The highest BCUT2D eigenvalue weighted by molar-refractivity contribution is 7.16. The summed E-state index contributed by atoms with van der Waals surface area (Å²) in [5.41, 5.74) is 7.58. The van der Waals surface area contributed by atoms with E-state index in [4.69, 9.17) is 15.2 Å². The van der Waals surface area contributed by atoms with Crippen LogP contribution >= 0.6 is 11.3 Å². The highest BCUT2D eigenvalue weighted by Crippen LogP contribution is 2.40. The molecule has 0 atom stereocenters. The van der Waals surface area contributed by atoms with E-state index >= 15 is 0 Å². The van der Waals surface area contributed by atoms with E-state index in [1.54, 1.807) is 11.3 Å². The van der Waals surface area contributed by atoms with Crippen molar-refractivity contribution in [3.63, 3.8) is 0 Å². The second-order valence-corrected chi connectivity index (χ2v) is 9.22. The van der Waals surface area contributed by atoms with Gasteiger partial charge in [0.15, 0.2) is 0 Å². The van der Waals surface area contributed by atoms with Crippen molar-refractivity contribution < 1.29 is 14.3 Å². The fourth-order valence-corrected chi connectivity index (χ4v) is 6.36. The van der Waals surface area contributed by atoms with Gasteiger partial charge < -0.3 is 20.1 Å². The summed E-state index contributed by atoms with van der Waals surface area (Å²) in [5, 5.41) is 1.22. The van der Waals surface area contributed by atoms with Crippen LogP contribution in [0.5, 0.6) is 0 Å². The molecule has 1 saturated heterocycles. The number of nitrogens with zero attached hydrogens (tertiary/aromatic N) is 2. The fraction of sp³-hybridized carbons (Fsp3) is 0.773. The van der Waals surface area contributed by atoms with Gasteiger partial charge in [-0.3, -0.25) is 4.90 Å². The average Bonchev–Trinajstić information content (AvgIpc) is 3.01. The molecule has 0 spiro atoms. The van der Waals surface area contributed by atoms with Gasteiger partial charge >= 0.3 is 5.97 Å². The number of esters is 1. The molecule has 1 aromatic heterocycles. The zero-order valence-corrected chi connectivity index (χ0v) is 19.2. The van der Waals surface area contributed by atoms with Crippen molar-refractivity contribution in [3.05, 3.63) is 16.0 Å². The fourth-order valence-electron chi connectivity index (χ4n) is 4.92. The molecule has 0 radical (unpaired) electrons. The van der Waals surface area contributed by atoms with Crippen LogP contribution in [-0.4, -0.2) is 69.0 Å². The molecule has 0 aromatic carbocycles. The van der Waals surface area contributed by atoms with Crippen LogP contribution in [0.4, 0.5) is 5.00 Å². The molecule has 0 bridgehead atoms. The Morgan fingerprint density at radius 1 is 1.24 bits per heavy atom. The maximum atomic E-state index is 12.4. The molecule has 0 unspecified atom stereocenters. The van der Waals surface area contributed by atoms with Crippen LogP contribution in [-0.2, 0) is 15.9 Å². The Bertz CT molecular complexity index is 679. The van der Waals surface area contributed by atoms with Gasteiger partial charge in [0.2, 0.25) is 0 Å². The third kappa shape index (κ3) is 4.79. The standard InChI is InChI=1S/C22H37N3O3S/c1-5-25(21-15(3)20(22(26)27-4)19(29-21)11-12-23)17-9-7-16(8-10-17)24-13-18(14-24)28-6-2/h16-18H,5-14,23H2,1-4H3/t16-,17-. The number of ether oxygens (including phenoxy) is 2. The Hall–Kier alpha value is -1.15. The molecular weight excluding hydrogens is 386 g/mol. The smallest absolute Gasteiger partial charge is 0.339 e. The Morgan fingerprint density at radius 3 is 2.48 bits per heavy atom. The first-order valence-electron chi connectivity index (χ1n) is 11.1. The Balaban J connectivity index is 1.67. The van der Waals surface area contributed by atoms with Crippen LogP contribution in [0, 0.1) is 6.92 Å². The number of carbonyl (C=O) groups excluding carboxylic acids is 1. The monoisotopic (exact) mass is 423 g/mol. The minimum absolute atomic E-state index is 0.241. The van der Waals surface area contributed by atoms with Gasteiger partial charge in [-0.2, -0.15) is 0 Å². The van der Waals surface area contributed by atoms with Gasteiger partial charge in [-0.05, 0) is 65.0 Å². The van der Waals surface area contributed by atoms with E-state index in [0.29, 0.717) is 24.7 Å². The summed E-state index contributed by atoms with van der Waals surface area (Å²) in [7, 11) is 1.45. The molecule has 2 aliphatic rings. The number of hydrogen-bond donors (Lipinski definition) is 1. The lowest BCUT2D eigenvalue weighted by atomic mass is 9.87. The minimum Gasteiger partial charge on any atom is -0.465 e. The van der Waals surface area contributed by atoms with E-state index in [1.807, 2.05) is 0 Å². The predicted molar refractivity (Wildman–Crippen MR) is 119 cm³/mol. The first-order valence-corrected chi connectivity index (χ1v) is 11.9. The van der Waals surface area contributed by atoms with E-state index < -0.39 is 0 Å². The molecule has 164 valence electrons. The molecule has 7 heteroatoms. The van der Waals surface area contributed by atoms with E-state index in [0.717, 1.165) is 48.7 Å². The zero-order valence-electron chi connectivity index (χ0n) is 18.4. The number of likely N-dealkylation sites (tertiary alicyclic amines) is 1. The van der Waals surface area contributed by atoms with Gasteiger partial charge in [0.05, 0.1) is 23.8 Å². The average molecular weight is 424 g/mol. The van der Waals surface area contributed by atoms with Crippen LogP contribution in [0.25, 0.3) is 0 Å². The zero-order chi connectivity index (χ0) is 21.0. The van der Waals surface area contributed by atoms with Crippen molar-refractivity contribution >= 4 is 22.3 Å². The minimum atomic E-state index is -0.241. The van der Waals surface area contributed by atoms with Gasteiger partial charge in [0.1, 0.15) is 0 Å². The third-order valence-electron chi connectivity index (χ3n) is 6.46. The molecular formula is C22H37N3O3S. The van der Waals surface area contributed by atoms with Gasteiger partial charge in [0.25, 0.3) is 0 Å². The molecule has 2 heterocycles. The maximum Gasteiger partial charge on any atom is 0.339 e. The van der Waals surface area contributed by atoms with E-state index in [9.17, 15) is 4.79 Å². The SMILES string of the molecule is CCOC1CN([C@H]2CC[C@H](N(CC)c3sc(CCN)c(C(=O)OC)c3C)CC2)C1. The Morgan fingerprint density at radius 2 is 1.93 bits per heavy atom. The van der Waals surface area contributed by atoms with Crippen LogP contribution < -0.4 is 10.6 Å². The third-order valence-corrected chi connectivity index (χ3v) is 7.85. The topological polar surface area (TPSA) is 68.0 Å². The maximum absolute atomic E-state index is 12.4. The summed E-state index contributed by atoms with van der Waals surface area (Å²) in [4.78, 5) is 18.5. The van der Waals surface area contributed by atoms with Crippen LogP contribution in [0.2, 0.25) is 0 Å². The number of rotatable bonds is 9. The summed E-state index contributed by atoms with van der Waals surface area (Å²) in [5.74, 6) is -0.241. The van der Waals surface area contributed by atoms with Crippen molar-refractivity contribution in [2.45, 2.75) is 71.1 Å². The first kappa shape index (κ1) is 22.5. The van der Waals surface area contributed by atoms with Crippen LogP contribution in [0.15, 0.2) is 0 Å². The number of methoxy groups -OCH3 is 1. The van der Waals surface area contributed by atoms with E-state index in [1.165, 1.54) is 37.8 Å². The lowest BCUT2D eigenvalue weighted by Gasteiger charge is -2.47. The Labute approximate surface area is 179 Å². The molecule has 6 nitrogen and oxygen atoms in total. The number of nitrogens with two attached hydrogens (primary N) is 1. The highest BCUT2D eigenvalue weighted by Gasteiger charge is 2.36. The van der Waals surface area contributed by atoms with E-state index in [-0.39, 0.29) is 5.97 Å². The molecule has 1 aliphatic carbocycles. The second-order valence-electron chi connectivity index (χ2n) is 8.14. The van der Waals surface area contributed by atoms with Crippen molar-refractivity contribution in [2.75, 3.05) is 44.8 Å². The normalized spacial score (nSPS) is 23.1. The number of hydrogen-bond acceptors (Lipinski definition) is 7. The highest BCUT2D eigenvalue weighted by atomic mass is 32.1. The summed E-state index contributed by atoms with van der Waals surface area (Å²) >= 11 is 1.73. The molecule has 2 fully saturated rings. The molecule has 1 aromatic rings. The van der Waals surface area contributed by atoms with Crippen molar-refractivity contribution in [3.8, 4) is 0 Å². The number of anilines is 1. The second kappa shape index (κ2) is 10.2. The van der Waals surface area contributed by atoms with Gasteiger partial charge in [-0.25, -0.2) is 4.79 Å². The summed E-state index contributed by atoms with van der Waals surface area (Å²) < 4.78 is 10.8. The predicted octanol–water partition coefficient (Wildman–Crippen LogP) is 3.20. The summed E-state index contributed by atoms with van der Waals surface area (Å²) in [6, 6.07) is 1.23. The lowest BCUT2D eigenvalue weighted by Crippen LogP contribution is -2.57. The molecule has 2 N–H and O–H groups in total. The van der Waals surface area contributed by atoms with Gasteiger partial charge in [-0.15, -0.1) is 11.3 Å². The van der Waals surface area contributed by atoms with Gasteiger partial charge in [-0.1, -0.05) is 0 Å². The Kier molecular flexibility index (Phi) is 7.96. The molecule has 3 rings (SSSR count). The van der Waals surface area contributed by atoms with Crippen LogP contribution in [0.3, 0.4) is 0 Å². The van der Waals surface area contributed by atoms with Crippen molar-refractivity contribution in [1.82, 2.24) is 4.90 Å². The lowest BCUT2D eigenvalue weighted by molar-refractivity contribution is -0.0738. The number of carbonyl (C=O) groups is 1. The van der Waals surface area contributed by atoms with Crippen LogP contribution in [0.1, 0.15) is 60.3 Å². The molecule has 29 heavy (non-hydrogen) atoms. The molecule has 0 amide bonds. The van der Waals surface area contributed by atoms with Gasteiger partial charge in [0, 0.05) is 43.2 Å².